The summed E-state index contributed by atoms with van der Waals surface area (Å²) in [6, 6.07) is 3.35. The summed E-state index contributed by atoms with van der Waals surface area (Å²) < 4.78 is 73.5. The summed E-state index contributed by atoms with van der Waals surface area (Å²) in [5, 5.41) is 0. The molecule has 0 aliphatic carbocycles. The summed E-state index contributed by atoms with van der Waals surface area (Å²) in [4.78, 5) is 1.44. The van der Waals surface area contributed by atoms with Gasteiger partial charge in [0.25, 0.3) is 0 Å². The molecule has 1 saturated heterocycles. The first-order chi connectivity index (χ1) is 11.2. The third-order valence-electron chi connectivity index (χ3n) is 3.24. The molecule has 0 saturated carbocycles. The van der Waals surface area contributed by atoms with Gasteiger partial charge in [-0.15, -0.1) is 13.2 Å². The zero-order valence-corrected chi connectivity index (χ0v) is 14.9. The molecule has 6 nitrogen and oxygen atoms in total. The topological polar surface area (TPSA) is 67.9 Å². The van der Waals surface area contributed by atoms with Crippen LogP contribution in [0.1, 0.15) is 0 Å². The van der Waals surface area contributed by atoms with Crippen LogP contribution in [-0.4, -0.2) is 59.1 Å². The van der Waals surface area contributed by atoms with E-state index < -0.39 is 27.0 Å². The van der Waals surface area contributed by atoms with Gasteiger partial charge < -0.3 is 9.47 Å². The number of hydrogen-bond acceptors (Lipinski definition) is 5. The Bertz CT molecular complexity index is 664. The van der Waals surface area contributed by atoms with Crippen LogP contribution in [-0.2, 0) is 14.8 Å². The number of nitrogens with one attached hydrogen (secondary N) is 1. The second kappa shape index (κ2) is 8.00. The first-order valence-corrected chi connectivity index (χ1v) is 9.30. The lowest BCUT2D eigenvalue weighted by atomic mass is 10.3. The molecule has 0 aromatic heterocycles. The highest BCUT2D eigenvalue weighted by atomic mass is 79.9. The van der Waals surface area contributed by atoms with Crippen LogP contribution in [0.4, 0.5) is 13.2 Å². The normalized spacial score (nSPS) is 17.0. The van der Waals surface area contributed by atoms with Gasteiger partial charge in [-0.05, 0) is 18.2 Å². The van der Waals surface area contributed by atoms with Gasteiger partial charge in [0.15, 0.2) is 5.75 Å². The predicted octanol–water partition coefficient (Wildman–Crippen LogP) is 1.96. The number of alkyl halides is 3. The van der Waals surface area contributed by atoms with Crippen LogP contribution >= 0.6 is 15.9 Å². The number of halogens is 4. The Hall–Kier alpha value is -0.880. The smallest absolute Gasteiger partial charge is 0.404 e. The summed E-state index contributed by atoms with van der Waals surface area (Å²) in [6.45, 7) is 3.02. The van der Waals surface area contributed by atoms with E-state index in [-0.39, 0.29) is 11.0 Å². The predicted molar refractivity (Wildman–Crippen MR) is 83.3 cm³/mol. The monoisotopic (exact) mass is 432 g/mol. The highest BCUT2D eigenvalue weighted by Gasteiger charge is 2.34. The zero-order chi connectivity index (χ0) is 17.8. The van der Waals surface area contributed by atoms with Crippen LogP contribution in [0.5, 0.6) is 5.75 Å². The lowest BCUT2D eigenvalue weighted by Crippen LogP contribution is -2.41. The van der Waals surface area contributed by atoms with Crippen molar-refractivity contribution in [1.29, 1.82) is 0 Å². The van der Waals surface area contributed by atoms with E-state index in [1.54, 1.807) is 0 Å². The Morgan fingerprint density at radius 2 is 1.96 bits per heavy atom. The van der Waals surface area contributed by atoms with Gasteiger partial charge in [0.05, 0.1) is 13.2 Å². The van der Waals surface area contributed by atoms with Crippen LogP contribution in [0, 0.1) is 0 Å². The van der Waals surface area contributed by atoms with Gasteiger partial charge in [-0.1, -0.05) is 15.9 Å². The molecule has 24 heavy (non-hydrogen) atoms. The standard InChI is InChI=1S/C13H16BrF3N2O4S/c14-10-1-2-12(11(9-10)23-13(15,16)17)24(20,21)18-3-4-19-5-7-22-8-6-19/h1-2,9,18H,3-8H2. The molecule has 0 bridgehead atoms. The molecule has 2 rings (SSSR count). The van der Waals surface area contributed by atoms with Crippen molar-refractivity contribution in [3.63, 3.8) is 0 Å². The second-order valence-electron chi connectivity index (χ2n) is 4.99. The van der Waals surface area contributed by atoms with Crippen molar-refractivity contribution >= 4 is 26.0 Å². The minimum atomic E-state index is -4.99. The first-order valence-electron chi connectivity index (χ1n) is 7.02. The van der Waals surface area contributed by atoms with Crippen molar-refractivity contribution in [2.75, 3.05) is 39.4 Å². The summed E-state index contributed by atoms with van der Waals surface area (Å²) in [7, 11) is -4.13. The molecule has 1 fully saturated rings. The van der Waals surface area contributed by atoms with E-state index in [2.05, 4.69) is 25.4 Å². The van der Waals surface area contributed by atoms with Gasteiger partial charge in [0.1, 0.15) is 4.90 Å². The molecule has 0 radical (unpaired) electrons. The largest absolute Gasteiger partial charge is 0.573 e. The molecular formula is C13H16BrF3N2O4S. The average molecular weight is 433 g/mol. The fraction of sp³-hybridized carbons (Fsp3) is 0.538. The summed E-state index contributed by atoms with van der Waals surface area (Å²) in [5.41, 5.74) is 0. The van der Waals surface area contributed by atoms with E-state index in [1.807, 2.05) is 4.90 Å². The van der Waals surface area contributed by atoms with Gasteiger partial charge in [0, 0.05) is 30.7 Å². The lowest BCUT2D eigenvalue weighted by molar-refractivity contribution is -0.275. The molecule has 0 spiro atoms. The molecule has 1 aliphatic heterocycles. The molecule has 1 aromatic carbocycles. The van der Waals surface area contributed by atoms with Gasteiger partial charge >= 0.3 is 6.36 Å². The van der Waals surface area contributed by atoms with Gasteiger partial charge in [0.2, 0.25) is 10.0 Å². The molecule has 1 aromatic rings. The van der Waals surface area contributed by atoms with E-state index in [0.29, 0.717) is 32.8 Å². The molecule has 1 N–H and O–H groups in total. The third-order valence-corrected chi connectivity index (χ3v) is 5.24. The molecule has 0 unspecified atom stereocenters. The first kappa shape index (κ1) is 19.4. The number of benzene rings is 1. The van der Waals surface area contributed by atoms with Crippen molar-refractivity contribution in [3.05, 3.63) is 22.7 Å². The lowest BCUT2D eigenvalue weighted by Gasteiger charge is -2.26. The number of nitrogens with zero attached hydrogens (tertiary/aromatic N) is 1. The van der Waals surface area contributed by atoms with Crippen molar-refractivity contribution in [2.24, 2.45) is 0 Å². The maximum Gasteiger partial charge on any atom is 0.573 e. The molecule has 0 atom stereocenters. The molecule has 1 aliphatic rings. The van der Waals surface area contributed by atoms with Crippen molar-refractivity contribution in [1.82, 2.24) is 9.62 Å². The number of morpholine rings is 1. The van der Waals surface area contributed by atoms with Crippen molar-refractivity contribution < 1.29 is 31.1 Å². The minimum Gasteiger partial charge on any atom is -0.404 e. The number of rotatable bonds is 6. The van der Waals surface area contributed by atoms with E-state index in [0.717, 1.165) is 12.1 Å². The molecular weight excluding hydrogens is 417 g/mol. The highest BCUT2D eigenvalue weighted by Crippen LogP contribution is 2.32. The zero-order valence-electron chi connectivity index (χ0n) is 12.5. The highest BCUT2D eigenvalue weighted by molar-refractivity contribution is 9.10. The average Bonchev–Trinajstić information content (AvgIpc) is 2.46. The summed E-state index contributed by atoms with van der Waals surface area (Å²) in [5.74, 6) is -0.782. The maximum atomic E-state index is 12.5. The van der Waals surface area contributed by atoms with Crippen molar-refractivity contribution in [3.8, 4) is 5.75 Å². The molecule has 0 amide bonds. The van der Waals surface area contributed by atoms with E-state index in [4.69, 9.17) is 4.74 Å². The van der Waals surface area contributed by atoms with E-state index >= 15 is 0 Å². The third kappa shape index (κ3) is 5.88. The van der Waals surface area contributed by atoms with Crippen LogP contribution in [0.3, 0.4) is 0 Å². The fourth-order valence-corrected chi connectivity index (χ4v) is 3.62. The van der Waals surface area contributed by atoms with Gasteiger partial charge in [-0.25, -0.2) is 13.1 Å². The summed E-state index contributed by atoms with van der Waals surface area (Å²) >= 11 is 2.99. The SMILES string of the molecule is O=S(=O)(NCCN1CCOCC1)c1ccc(Br)cc1OC(F)(F)F. The fourth-order valence-electron chi connectivity index (χ4n) is 2.15. The van der Waals surface area contributed by atoms with Crippen LogP contribution in [0.2, 0.25) is 0 Å². The molecule has 1 heterocycles. The Morgan fingerprint density at radius 3 is 2.58 bits per heavy atom. The number of sulfonamides is 1. The van der Waals surface area contributed by atoms with Gasteiger partial charge in [-0.3, -0.25) is 4.90 Å². The quantitative estimate of drug-likeness (QED) is 0.743. The van der Waals surface area contributed by atoms with E-state index in [9.17, 15) is 21.6 Å². The minimum absolute atomic E-state index is 0.0733. The van der Waals surface area contributed by atoms with Crippen molar-refractivity contribution in [2.45, 2.75) is 11.3 Å². The Labute approximate surface area is 146 Å². The van der Waals surface area contributed by atoms with Crippen LogP contribution < -0.4 is 9.46 Å². The number of hydrogen-bond donors (Lipinski definition) is 1. The van der Waals surface area contributed by atoms with Crippen LogP contribution in [0.15, 0.2) is 27.6 Å². The summed E-state index contributed by atoms with van der Waals surface area (Å²) in [6.07, 6.45) is -4.99. The Balaban J connectivity index is 2.07. The second-order valence-corrected chi connectivity index (χ2v) is 7.64. The maximum absolute atomic E-state index is 12.5. The Morgan fingerprint density at radius 1 is 1.29 bits per heavy atom. The molecule has 136 valence electrons. The van der Waals surface area contributed by atoms with Gasteiger partial charge in [-0.2, -0.15) is 0 Å². The van der Waals surface area contributed by atoms with E-state index in [1.165, 1.54) is 6.07 Å². The van der Waals surface area contributed by atoms with Crippen LogP contribution in [0.25, 0.3) is 0 Å². The Kier molecular flexibility index (Phi) is 6.48. The molecule has 11 heteroatoms. The number of ether oxygens (including phenoxy) is 2.